The van der Waals surface area contributed by atoms with E-state index in [0.717, 1.165) is 0 Å². The predicted octanol–water partition coefficient (Wildman–Crippen LogP) is 0.992. The number of aromatic amines is 1. The van der Waals surface area contributed by atoms with E-state index in [1.165, 1.54) is 24.9 Å². The van der Waals surface area contributed by atoms with Gasteiger partial charge in [0.2, 0.25) is 5.95 Å². The number of fused-ring (bicyclic) bond motifs is 1. The van der Waals surface area contributed by atoms with Gasteiger partial charge in [0.05, 0.1) is 24.4 Å². The molecule has 11 nitrogen and oxygen atoms in total. The summed E-state index contributed by atoms with van der Waals surface area (Å²) in [5.41, 5.74) is 2.78. The smallest absolute Gasteiger partial charge is 0.329 e. The Morgan fingerprint density at radius 3 is 2.83 bits per heavy atom. The summed E-state index contributed by atoms with van der Waals surface area (Å²) in [4.78, 5) is 30.8. The van der Waals surface area contributed by atoms with Crippen LogP contribution in [0, 0.1) is 0 Å². The Labute approximate surface area is 172 Å². The Kier molecular flexibility index (Phi) is 6.03. The summed E-state index contributed by atoms with van der Waals surface area (Å²) >= 11 is 3.25. The standard InChI is InChI=1S/C17H19BrN6O5/c1-23-14-12(15(26)21-17(23)27)24(4-5-28-2)16(20-14)22-19-8-9-6-10(18)13(25)11(7-9)29-3/h6-8,25H,4-5H2,1-3H3,(H,20,22)(H,21,26,27)/b19-8+. The normalized spacial score (nSPS) is 11.4. The number of imidazole rings is 1. The third-order valence-electron chi connectivity index (χ3n) is 4.17. The van der Waals surface area contributed by atoms with E-state index < -0.39 is 11.2 Å². The number of rotatable bonds is 7. The quantitative estimate of drug-likeness (QED) is 0.348. The molecule has 0 bridgehead atoms. The fraction of sp³-hybridized carbons (Fsp3) is 0.294. The maximum absolute atomic E-state index is 12.3. The van der Waals surface area contributed by atoms with Gasteiger partial charge < -0.3 is 19.1 Å². The maximum Gasteiger partial charge on any atom is 0.329 e. The molecule has 0 saturated carbocycles. The molecule has 3 aromatic rings. The van der Waals surface area contributed by atoms with Crippen LogP contribution in [0.3, 0.4) is 0 Å². The molecule has 1 aromatic carbocycles. The average molecular weight is 467 g/mol. The molecule has 12 heteroatoms. The van der Waals surface area contributed by atoms with Crippen LogP contribution in [0.1, 0.15) is 5.56 Å². The molecule has 154 valence electrons. The number of aryl methyl sites for hydroxylation is 1. The van der Waals surface area contributed by atoms with Crippen molar-refractivity contribution in [3.8, 4) is 11.5 Å². The summed E-state index contributed by atoms with van der Waals surface area (Å²) in [5.74, 6) is 0.540. The number of hydrogen-bond donors (Lipinski definition) is 3. The average Bonchev–Trinajstić information content (AvgIpc) is 3.06. The third kappa shape index (κ3) is 4.03. The zero-order chi connectivity index (χ0) is 21.1. The molecule has 2 heterocycles. The van der Waals surface area contributed by atoms with Crippen molar-refractivity contribution in [1.29, 1.82) is 0 Å². The molecule has 0 fully saturated rings. The first-order chi connectivity index (χ1) is 13.9. The van der Waals surface area contributed by atoms with Crippen molar-refractivity contribution in [2.24, 2.45) is 12.1 Å². The highest BCUT2D eigenvalue weighted by atomic mass is 79.9. The van der Waals surface area contributed by atoms with E-state index in [1.54, 1.807) is 23.8 Å². The number of aromatic hydroxyl groups is 1. The second-order valence-electron chi connectivity index (χ2n) is 5.99. The molecule has 29 heavy (non-hydrogen) atoms. The third-order valence-corrected chi connectivity index (χ3v) is 4.78. The molecule has 0 aliphatic rings. The van der Waals surface area contributed by atoms with Gasteiger partial charge in [-0.3, -0.25) is 14.3 Å². The molecular weight excluding hydrogens is 448 g/mol. The van der Waals surface area contributed by atoms with E-state index >= 15 is 0 Å². The van der Waals surface area contributed by atoms with E-state index in [-0.39, 0.29) is 28.6 Å². The lowest BCUT2D eigenvalue weighted by molar-refractivity contribution is 0.188. The highest BCUT2D eigenvalue weighted by Crippen LogP contribution is 2.34. The van der Waals surface area contributed by atoms with Crippen LogP contribution in [-0.4, -0.2) is 51.2 Å². The van der Waals surface area contributed by atoms with Crippen LogP contribution in [0.15, 0.2) is 31.3 Å². The van der Waals surface area contributed by atoms with Crippen LogP contribution >= 0.6 is 15.9 Å². The molecule has 0 saturated heterocycles. The number of methoxy groups -OCH3 is 2. The minimum Gasteiger partial charge on any atom is -0.503 e. The number of aromatic nitrogens is 4. The molecular formula is C17H19BrN6O5. The molecule has 0 unspecified atom stereocenters. The summed E-state index contributed by atoms with van der Waals surface area (Å²) in [6.45, 7) is 0.652. The zero-order valence-electron chi connectivity index (χ0n) is 15.9. The minimum absolute atomic E-state index is 0.0147. The van der Waals surface area contributed by atoms with Crippen molar-refractivity contribution >= 4 is 39.3 Å². The summed E-state index contributed by atoms with van der Waals surface area (Å²) in [6, 6.07) is 3.26. The Hall–Kier alpha value is -3.12. The number of ether oxygens (including phenoxy) is 2. The van der Waals surface area contributed by atoms with Crippen molar-refractivity contribution in [1.82, 2.24) is 19.1 Å². The monoisotopic (exact) mass is 466 g/mol. The van der Waals surface area contributed by atoms with Crippen molar-refractivity contribution in [3.05, 3.63) is 43.0 Å². The van der Waals surface area contributed by atoms with E-state index in [4.69, 9.17) is 9.47 Å². The van der Waals surface area contributed by atoms with Gasteiger partial charge in [-0.25, -0.2) is 10.2 Å². The lowest BCUT2D eigenvalue weighted by Gasteiger charge is -2.08. The fourth-order valence-electron chi connectivity index (χ4n) is 2.71. The number of benzene rings is 1. The second-order valence-corrected chi connectivity index (χ2v) is 6.85. The summed E-state index contributed by atoms with van der Waals surface area (Å²) in [6.07, 6.45) is 1.50. The van der Waals surface area contributed by atoms with Gasteiger partial charge >= 0.3 is 5.69 Å². The molecule has 2 aromatic heterocycles. The molecule has 0 aliphatic heterocycles. The molecule has 0 spiro atoms. The first-order valence-corrected chi connectivity index (χ1v) is 9.20. The summed E-state index contributed by atoms with van der Waals surface area (Å²) < 4.78 is 13.5. The number of anilines is 1. The lowest BCUT2D eigenvalue weighted by Crippen LogP contribution is -2.29. The van der Waals surface area contributed by atoms with Gasteiger partial charge in [-0.1, -0.05) is 0 Å². The minimum atomic E-state index is -0.560. The SMILES string of the molecule is COCCn1c(N/N=C/c2cc(Br)c(O)c(OC)c2)nc2c1c(=O)[nH]c(=O)n2C. The first-order valence-electron chi connectivity index (χ1n) is 8.41. The number of hydrogen-bond acceptors (Lipinski definition) is 8. The predicted molar refractivity (Wildman–Crippen MR) is 111 cm³/mol. The van der Waals surface area contributed by atoms with E-state index in [2.05, 4.69) is 36.4 Å². The number of nitrogens with one attached hydrogen (secondary N) is 2. The summed E-state index contributed by atoms with van der Waals surface area (Å²) in [5, 5.41) is 14.0. The van der Waals surface area contributed by atoms with Crippen molar-refractivity contribution in [3.63, 3.8) is 0 Å². The van der Waals surface area contributed by atoms with Gasteiger partial charge in [-0.05, 0) is 33.6 Å². The van der Waals surface area contributed by atoms with Crippen LogP contribution in [0.2, 0.25) is 0 Å². The van der Waals surface area contributed by atoms with Crippen LogP contribution in [-0.2, 0) is 18.3 Å². The number of phenolic OH excluding ortho intramolecular Hbond substituents is 1. The maximum atomic E-state index is 12.3. The largest absolute Gasteiger partial charge is 0.503 e. The Bertz CT molecular complexity index is 1200. The van der Waals surface area contributed by atoms with Gasteiger partial charge in [-0.15, -0.1) is 0 Å². The van der Waals surface area contributed by atoms with Crippen LogP contribution < -0.4 is 21.4 Å². The Balaban J connectivity index is 2.00. The molecule has 0 aliphatic carbocycles. The van der Waals surface area contributed by atoms with E-state index in [9.17, 15) is 14.7 Å². The molecule has 3 rings (SSSR count). The topological polar surface area (TPSA) is 136 Å². The van der Waals surface area contributed by atoms with E-state index in [1.807, 2.05) is 0 Å². The van der Waals surface area contributed by atoms with Crippen molar-refractivity contribution in [2.75, 3.05) is 26.3 Å². The van der Waals surface area contributed by atoms with Gasteiger partial charge in [0.25, 0.3) is 5.56 Å². The number of H-pyrrole nitrogens is 1. The number of halogens is 1. The summed E-state index contributed by atoms with van der Waals surface area (Å²) in [7, 11) is 4.50. The Morgan fingerprint density at radius 2 is 2.14 bits per heavy atom. The molecule has 0 amide bonds. The van der Waals surface area contributed by atoms with Gasteiger partial charge in [-0.2, -0.15) is 10.1 Å². The Morgan fingerprint density at radius 1 is 1.38 bits per heavy atom. The highest BCUT2D eigenvalue weighted by molar-refractivity contribution is 9.10. The molecule has 0 atom stereocenters. The zero-order valence-corrected chi connectivity index (χ0v) is 17.5. The fourth-order valence-corrected chi connectivity index (χ4v) is 3.17. The van der Waals surface area contributed by atoms with Gasteiger partial charge in [0.15, 0.2) is 22.7 Å². The van der Waals surface area contributed by atoms with Gasteiger partial charge in [0.1, 0.15) is 0 Å². The van der Waals surface area contributed by atoms with Crippen molar-refractivity contribution in [2.45, 2.75) is 6.54 Å². The lowest BCUT2D eigenvalue weighted by atomic mass is 10.2. The van der Waals surface area contributed by atoms with Gasteiger partial charge in [0, 0.05) is 20.7 Å². The van der Waals surface area contributed by atoms with Crippen LogP contribution in [0.25, 0.3) is 11.2 Å². The number of nitrogens with zero attached hydrogens (tertiary/aromatic N) is 4. The number of phenols is 1. The van der Waals surface area contributed by atoms with E-state index in [0.29, 0.717) is 23.2 Å². The van der Waals surface area contributed by atoms with Crippen LogP contribution in [0.5, 0.6) is 11.5 Å². The molecule has 0 radical (unpaired) electrons. The van der Waals surface area contributed by atoms with Crippen LogP contribution in [0.4, 0.5) is 5.95 Å². The second kappa shape index (κ2) is 8.49. The number of hydrazone groups is 1. The highest BCUT2D eigenvalue weighted by Gasteiger charge is 2.17. The first kappa shape index (κ1) is 20.6. The van der Waals surface area contributed by atoms with Crippen molar-refractivity contribution < 1.29 is 14.6 Å². The molecule has 3 N–H and O–H groups in total.